The number of Topliss-reactive ketones (excluding diaryl/α,β-unsaturated/α-hetero) is 1. The second-order valence-corrected chi connectivity index (χ2v) is 9.30. The molecule has 0 saturated heterocycles. The van der Waals surface area contributed by atoms with Crippen LogP contribution in [0.5, 0.6) is 0 Å². The van der Waals surface area contributed by atoms with Crippen LogP contribution in [0, 0.1) is 11.3 Å². The van der Waals surface area contributed by atoms with Crippen LogP contribution < -0.4 is 4.90 Å². The lowest BCUT2D eigenvalue weighted by Gasteiger charge is -2.42. The molecule has 1 aliphatic heterocycles. The summed E-state index contributed by atoms with van der Waals surface area (Å²) in [7, 11) is 2.92. The standard InChI is InChI=1S/C28H24F3N5O4/c1-16-24(17(2)37)25(35(4)27(39)36(16)21-7-5-6-19(13-21)28(29,30)31)22-9-8-18(14-32)12-23(22)26(38)34(3)15-20-10-11-40-33-20/h5-13,25H,15H2,1-4H3. The number of likely N-dealkylation sites (N-methyl/N-ethyl adjacent to an activating group) is 1. The predicted octanol–water partition coefficient (Wildman–Crippen LogP) is 5.31. The number of carbonyl (C=O) groups is 3. The second kappa shape index (κ2) is 10.7. The number of benzene rings is 2. The van der Waals surface area contributed by atoms with E-state index in [1.54, 1.807) is 6.07 Å². The SMILES string of the molecule is CC(=O)C1=C(C)N(c2cccc(C(F)(F)F)c2)C(=O)N(C)C1c1ccc(C#N)cc1C(=O)N(C)Cc1ccon1. The highest BCUT2D eigenvalue weighted by Crippen LogP contribution is 2.41. The van der Waals surface area contributed by atoms with Gasteiger partial charge in [-0.2, -0.15) is 18.4 Å². The fraction of sp³-hybridized carbons (Fsp3) is 0.250. The number of carbonyl (C=O) groups excluding carboxylic acids is 3. The van der Waals surface area contributed by atoms with E-state index in [0.717, 1.165) is 17.0 Å². The molecule has 0 radical (unpaired) electrons. The summed E-state index contributed by atoms with van der Waals surface area (Å²) >= 11 is 0. The summed E-state index contributed by atoms with van der Waals surface area (Å²) in [6, 6.07) is 10.4. The fourth-order valence-electron chi connectivity index (χ4n) is 4.75. The smallest absolute Gasteiger partial charge is 0.364 e. The minimum absolute atomic E-state index is 0.0650. The van der Waals surface area contributed by atoms with Crippen LogP contribution in [0.4, 0.5) is 23.7 Å². The van der Waals surface area contributed by atoms with Crippen molar-refractivity contribution in [1.29, 1.82) is 5.26 Å². The Morgan fingerprint density at radius 1 is 1.18 bits per heavy atom. The number of urea groups is 1. The maximum atomic E-state index is 13.7. The Bertz CT molecular complexity index is 1560. The van der Waals surface area contributed by atoms with E-state index in [9.17, 15) is 32.8 Å². The van der Waals surface area contributed by atoms with E-state index in [1.165, 1.54) is 74.3 Å². The Labute approximate surface area is 227 Å². The van der Waals surface area contributed by atoms with Gasteiger partial charge in [-0.05, 0) is 49.7 Å². The van der Waals surface area contributed by atoms with Crippen LogP contribution in [0.2, 0.25) is 0 Å². The molecule has 9 nitrogen and oxygen atoms in total. The Kier molecular flexibility index (Phi) is 7.51. The highest BCUT2D eigenvalue weighted by Gasteiger charge is 2.41. The molecule has 40 heavy (non-hydrogen) atoms. The topological polar surface area (TPSA) is 111 Å². The van der Waals surface area contributed by atoms with Crippen LogP contribution >= 0.6 is 0 Å². The Morgan fingerprint density at radius 2 is 1.90 bits per heavy atom. The lowest BCUT2D eigenvalue weighted by molar-refractivity contribution is -0.137. The van der Waals surface area contributed by atoms with E-state index in [0.29, 0.717) is 5.69 Å². The Morgan fingerprint density at radius 3 is 2.50 bits per heavy atom. The first-order chi connectivity index (χ1) is 18.8. The highest BCUT2D eigenvalue weighted by atomic mass is 19.4. The summed E-state index contributed by atoms with van der Waals surface area (Å²) in [5.41, 5.74) is 0.239. The van der Waals surface area contributed by atoms with Crippen LogP contribution in [-0.4, -0.2) is 46.8 Å². The number of anilines is 1. The van der Waals surface area contributed by atoms with Gasteiger partial charge in [0.25, 0.3) is 5.91 Å². The zero-order valence-electron chi connectivity index (χ0n) is 22.0. The molecule has 12 heteroatoms. The summed E-state index contributed by atoms with van der Waals surface area (Å²) in [5, 5.41) is 13.3. The molecule has 3 aromatic rings. The number of aromatic nitrogens is 1. The second-order valence-electron chi connectivity index (χ2n) is 9.30. The number of amides is 3. The molecule has 0 fully saturated rings. The van der Waals surface area contributed by atoms with Crippen LogP contribution in [0.3, 0.4) is 0 Å². The number of ketones is 1. The molecule has 0 saturated carbocycles. The third-order valence-corrected chi connectivity index (χ3v) is 6.63. The number of nitriles is 1. The molecule has 4 rings (SSSR count). The van der Waals surface area contributed by atoms with Gasteiger partial charge in [0.15, 0.2) is 5.78 Å². The number of allylic oxidation sites excluding steroid dienone is 1. The first-order valence-electron chi connectivity index (χ1n) is 12.0. The maximum absolute atomic E-state index is 13.7. The zero-order chi connectivity index (χ0) is 29.4. The maximum Gasteiger partial charge on any atom is 0.416 e. The normalized spacial score (nSPS) is 15.8. The molecule has 1 aliphatic rings. The molecule has 1 unspecified atom stereocenters. The average Bonchev–Trinajstić information content (AvgIpc) is 3.42. The number of hydrogen-bond donors (Lipinski definition) is 0. The van der Waals surface area contributed by atoms with Gasteiger partial charge in [-0.25, -0.2) is 4.79 Å². The van der Waals surface area contributed by atoms with Crippen LogP contribution in [-0.2, 0) is 17.5 Å². The predicted molar refractivity (Wildman–Crippen MR) is 137 cm³/mol. The monoisotopic (exact) mass is 551 g/mol. The Hall–Kier alpha value is -4.92. The van der Waals surface area contributed by atoms with Crippen LogP contribution in [0.25, 0.3) is 0 Å². The van der Waals surface area contributed by atoms with Crippen molar-refractivity contribution in [2.45, 2.75) is 32.6 Å². The molecule has 0 aliphatic carbocycles. The largest absolute Gasteiger partial charge is 0.416 e. The van der Waals surface area contributed by atoms with Gasteiger partial charge in [-0.1, -0.05) is 17.3 Å². The van der Waals surface area contributed by atoms with E-state index in [4.69, 9.17) is 4.52 Å². The van der Waals surface area contributed by atoms with Crippen molar-refractivity contribution in [3.05, 3.63) is 94.0 Å². The molecule has 3 amide bonds. The number of nitrogens with zero attached hydrogens (tertiary/aromatic N) is 5. The average molecular weight is 552 g/mol. The first-order valence-corrected chi connectivity index (χ1v) is 12.0. The minimum atomic E-state index is -4.64. The van der Waals surface area contributed by atoms with E-state index in [1.807, 2.05) is 6.07 Å². The van der Waals surface area contributed by atoms with Gasteiger partial charge in [0.1, 0.15) is 12.0 Å². The summed E-state index contributed by atoms with van der Waals surface area (Å²) in [6.45, 7) is 2.83. The molecule has 206 valence electrons. The molecule has 2 aromatic carbocycles. The van der Waals surface area contributed by atoms with Crippen molar-refractivity contribution in [3.63, 3.8) is 0 Å². The van der Waals surface area contributed by atoms with Gasteiger partial charge in [0, 0.05) is 37.0 Å². The van der Waals surface area contributed by atoms with Gasteiger partial charge in [0.2, 0.25) is 0 Å². The summed E-state index contributed by atoms with van der Waals surface area (Å²) in [4.78, 5) is 43.9. The van der Waals surface area contributed by atoms with Crippen molar-refractivity contribution in [2.75, 3.05) is 19.0 Å². The van der Waals surface area contributed by atoms with Crippen molar-refractivity contribution in [1.82, 2.24) is 15.0 Å². The molecular formula is C28H24F3N5O4. The summed E-state index contributed by atoms with van der Waals surface area (Å²) < 4.78 is 45.1. The van der Waals surface area contributed by atoms with Crippen LogP contribution in [0.15, 0.2) is 70.6 Å². The third kappa shape index (κ3) is 5.18. The lowest BCUT2D eigenvalue weighted by atomic mass is 9.87. The summed E-state index contributed by atoms with van der Waals surface area (Å²) in [6.07, 6.45) is -3.28. The number of halogens is 3. The quantitative estimate of drug-likeness (QED) is 0.411. The van der Waals surface area contributed by atoms with E-state index >= 15 is 0 Å². The van der Waals surface area contributed by atoms with E-state index in [2.05, 4.69) is 5.16 Å². The lowest BCUT2D eigenvalue weighted by Crippen LogP contribution is -2.49. The van der Waals surface area contributed by atoms with Gasteiger partial charge in [0.05, 0.1) is 35.5 Å². The van der Waals surface area contributed by atoms with E-state index in [-0.39, 0.29) is 40.2 Å². The van der Waals surface area contributed by atoms with Crippen molar-refractivity contribution in [3.8, 4) is 6.07 Å². The van der Waals surface area contributed by atoms with E-state index < -0.39 is 35.5 Å². The first kappa shape index (κ1) is 28.1. The van der Waals surface area contributed by atoms with Gasteiger partial charge < -0.3 is 14.3 Å². The summed E-state index contributed by atoms with van der Waals surface area (Å²) in [5.74, 6) is -0.950. The fourth-order valence-corrected chi connectivity index (χ4v) is 4.75. The van der Waals surface area contributed by atoms with Gasteiger partial charge >= 0.3 is 12.2 Å². The molecular weight excluding hydrogens is 527 g/mol. The number of hydrogen-bond acceptors (Lipinski definition) is 6. The van der Waals surface area contributed by atoms with Crippen molar-refractivity contribution in [2.24, 2.45) is 0 Å². The molecule has 0 spiro atoms. The molecule has 1 aromatic heterocycles. The van der Waals surface area contributed by atoms with Crippen LogP contribution in [0.1, 0.15) is 52.6 Å². The Balaban J connectivity index is 1.86. The zero-order valence-corrected chi connectivity index (χ0v) is 22.0. The minimum Gasteiger partial charge on any atom is -0.364 e. The highest BCUT2D eigenvalue weighted by molar-refractivity contribution is 6.06. The molecule has 0 N–H and O–H groups in total. The molecule has 1 atom stereocenters. The third-order valence-electron chi connectivity index (χ3n) is 6.63. The van der Waals surface area contributed by atoms with Crippen molar-refractivity contribution >= 4 is 23.4 Å². The van der Waals surface area contributed by atoms with Gasteiger partial charge in [-0.15, -0.1) is 0 Å². The molecule has 0 bridgehead atoms. The molecule has 2 heterocycles. The van der Waals surface area contributed by atoms with Gasteiger partial charge in [-0.3, -0.25) is 14.5 Å². The van der Waals surface area contributed by atoms with Crippen molar-refractivity contribution < 1.29 is 32.1 Å². The number of rotatable bonds is 6. The number of alkyl halides is 3.